The molecular formula is C14H17NO2S. The summed E-state index contributed by atoms with van der Waals surface area (Å²) in [6.45, 7) is 0.933. The van der Waals surface area contributed by atoms with Gasteiger partial charge in [-0.15, -0.1) is 11.8 Å². The SMILES string of the molecule is COc1ccc(C2SCC(=O)N2CC2CC2)cc1. The Morgan fingerprint density at radius 3 is 2.67 bits per heavy atom. The Morgan fingerprint density at radius 2 is 2.06 bits per heavy atom. The number of carbonyl (C=O) groups is 1. The fourth-order valence-electron chi connectivity index (χ4n) is 2.27. The van der Waals surface area contributed by atoms with Crippen molar-refractivity contribution in [2.45, 2.75) is 18.2 Å². The van der Waals surface area contributed by atoms with E-state index in [1.165, 1.54) is 18.4 Å². The van der Waals surface area contributed by atoms with Gasteiger partial charge in [0.15, 0.2) is 0 Å². The van der Waals surface area contributed by atoms with E-state index in [0.29, 0.717) is 5.75 Å². The number of amides is 1. The summed E-state index contributed by atoms with van der Waals surface area (Å²) < 4.78 is 5.17. The van der Waals surface area contributed by atoms with Crippen LogP contribution in [-0.2, 0) is 4.79 Å². The minimum absolute atomic E-state index is 0.198. The molecule has 2 fully saturated rings. The second-order valence-corrected chi connectivity index (χ2v) is 5.99. The van der Waals surface area contributed by atoms with Gasteiger partial charge in [-0.1, -0.05) is 12.1 Å². The third kappa shape index (κ3) is 2.34. The van der Waals surface area contributed by atoms with Gasteiger partial charge in [-0.25, -0.2) is 0 Å². The maximum atomic E-state index is 11.9. The molecule has 0 spiro atoms. The van der Waals surface area contributed by atoms with Gasteiger partial charge < -0.3 is 9.64 Å². The number of carbonyl (C=O) groups excluding carboxylic acids is 1. The van der Waals surface area contributed by atoms with Crippen LogP contribution < -0.4 is 4.74 Å². The van der Waals surface area contributed by atoms with Crippen molar-refractivity contribution in [3.8, 4) is 5.75 Å². The number of benzene rings is 1. The van der Waals surface area contributed by atoms with Crippen molar-refractivity contribution in [3.05, 3.63) is 29.8 Å². The average molecular weight is 263 g/mol. The summed E-state index contributed by atoms with van der Waals surface area (Å²) in [5.41, 5.74) is 1.20. The van der Waals surface area contributed by atoms with Gasteiger partial charge in [0.25, 0.3) is 0 Å². The fourth-order valence-corrected chi connectivity index (χ4v) is 3.47. The predicted octanol–water partition coefficient (Wildman–Crippen LogP) is 2.68. The Bertz CT molecular complexity index is 442. The third-order valence-corrected chi connectivity index (χ3v) is 4.78. The van der Waals surface area contributed by atoms with Crippen molar-refractivity contribution in [1.29, 1.82) is 0 Å². The van der Waals surface area contributed by atoms with Crippen LogP contribution in [0.2, 0.25) is 0 Å². The van der Waals surface area contributed by atoms with Crippen molar-refractivity contribution in [2.75, 3.05) is 19.4 Å². The second-order valence-electron chi connectivity index (χ2n) is 4.93. The first-order valence-corrected chi connectivity index (χ1v) is 7.38. The highest BCUT2D eigenvalue weighted by molar-refractivity contribution is 8.00. The molecule has 3 nitrogen and oxygen atoms in total. The Balaban J connectivity index is 1.77. The third-order valence-electron chi connectivity index (χ3n) is 3.52. The van der Waals surface area contributed by atoms with E-state index in [0.717, 1.165) is 18.2 Å². The van der Waals surface area contributed by atoms with Crippen LogP contribution in [0.5, 0.6) is 5.75 Å². The molecule has 1 saturated carbocycles. The van der Waals surface area contributed by atoms with Crippen LogP contribution in [0.25, 0.3) is 0 Å². The van der Waals surface area contributed by atoms with Gasteiger partial charge in [0.1, 0.15) is 11.1 Å². The molecule has 0 N–H and O–H groups in total. The van der Waals surface area contributed by atoms with E-state index >= 15 is 0 Å². The van der Waals surface area contributed by atoms with Gasteiger partial charge in [-0.05, 0) is 36.5 Å². The van der Waals surface area contributed by atoms with Crippen molar-refractivity contribution in [1.82, 2.24) is 4.90 Å². The molecular weight excluding hydrogens is 246 g/mol. The lowest BCUT2D eigenvalue weighted by molar-refractivity contribution is -0.128. The first-order valence-electron chi connectivity index (χ1n) is 6.33. The van der Waals surface area contributed by atoms with E-state index in [1.54, 1.807) is 18.9 Å². The number of methoxy groups -OCH3 is 1. The van der Waals surface area contributed by atoms with Crippen LogP contribution in [0, 0.1) is 5.92 Å². The second kappa shape index (κ2) is 4.84. The van der Waals surface area contributed by atoms with Crippen LogP contribution in [0.1, 0.15) is 23.8 Å². The molecule has 1 aliphatic heterocycles. The quantitative estimate of drug-likeness (QED) is 0.836. The Morgan fingerprint density at radius 1 is 1.33 bits per heavy atom. The molecule has 0 aromatic heterocycles. The Hall–Kier alpha value is -1.16. The van der Waals surface area contributed by atoms with Gasteiger partial charge in [0.2, 0.25) is 5.91 Å². The van der Waals surface area contributed by atoms with Crippen LogP contribution in [0.3, 0.4) is 0 Å². The summed E-state index contributed by atoms with van der Waals surface area (Å²) in [6, 6.07) is 8.06. The predicted molar refractivity (Wildman–Crippen MR) is 72.6 cm³/mol. The first-order chi connectivity index (χ1) is 8.78. The van der Waals surface area contributed by atoms with Crippen molar-refractivity contribution < 1.29 is 9.53 Å². The van der Waals surface area contributed by atoms with Gasteiger partial charge in [-0.3, -0.25) is 4.79 Å². The van der Waals surface area contributed by atoms with Crippen molar-refractivity contribution in [2.24, 2.45) is 5.92 Å². The minimum Gasteiger partial charge on any atom is -0.497 e. The molecule has 18 heavy (non-hydrogen) atoms. The molecule has 96 valence electrons. The molecule has 1 aliphatic carbocycles. The molecule has 1 heterocycles. The molecule has 1 aromatic rings. The van der Waals surface area contributed by atoms with Crippen LogP contribution in [0.4, 0.5) is 0 Å². The highest BCUT2D eigenvalue weighted by Gasteiger charge is 2.36. The molecule has 1 unspecified atom stereocenters. The normalized spacial score (nSPS) is 23.5. The monoisotopic (exact) mass is 263 g/mol. The zero-order chi connectivity index (χ0) is 12.5. The lowest BCUT2D eigenvalue weighted by Crippen LogP contribution is -2.30. The van der Waals surface area contributed by atoms with Crippen LogP contribution in [-0.4, -0.2) is 30.2 Å². The number of thioether (sulfide) groups is 1. The number of hydrogen-bond donors (Lipinski definition) is 0. The lowest BCUT2D eigenvalue weighted by Gasteiger charge is -2.24. The molecule has 0 bridgehead atoms. The lowest BCUT2D eigenvalue weighted by atomic mass is 10.2. The summed E-state index contributed by atoms with van der Waals surface area (Å²) >= 11 is 1.73. The molecule has 4 heteroatoms. The number of ether oxygens (including phenoxy) is 1. The van der Waals surface area contributed by atoms with Crippen LogP contribution >= 0.6 is 11.8 Å². The summed E-state index contributed by atoms with van der Waals surface area (Å²) in [5.74, 6) is 2.51. The topological polar surface area (TPSA) is 29.5 Å². The van der Waals surface area contributed by atoms with E-state index in [1.807, 2.05) is 17.0 Å². The summed E-state index contributed by atoms with van der Waals surface area (Å²) in [5, 5.41) is 0.198. The standard InChI is InChI=1S/C14H17NO2S/c1-17-12-6-4-11(5-7-12)14-15(8-10-2-3-10)13(16)9-18-14/h4-7,10,14H,2-3,8-9H2,1H3. The zero-order valence-corrected chi connectivity index (χ0v) is 11.3. The number of nitrogens with zero attached hydrogens (tertiary/aromatic N) is 1. The molecule has 0 radical (unpaired) electrons. The minimum atomic E-state index is 0.198. The van der Waals surface area contributed by atoms with Gasteiger partial charge in [-0.2, -0.15) is 0 Å². The molecule has 1 saturated heterocycles. The van der Waals surface area contributed by atoms with Crippen molar-refractivity contribution in [3.63, 3.8) is 0 Å². The summed E-state index contributed by atoms with van der Waals surface area (Å²) in [6.07, 6.45) is 2.56. The van der Waals surface area contributed by atoms with Crippen molar-refractivity contribution >= 4 is 17.7 Å². The smallest absolute Gasteiger partial charge is 0.233 e. The highest BCUT2D eigenvalue weighted by atomic mass is 32.2. The van der Waals surface area contributed by atoms with Gasteiger partial charge in [0, 0.05) is 6.54 Å². The van der Waals surface area contributed by atoms with E-state index in [9.17, 15) is 4.79 Å². The maximum absolute atomic E-state index is 11.9. The molecule has 1 amide bonds. The zero-order valence-electron chi connectivity index (χ0n) is 10.5. The average Bonchev–Trinajstić information content (AvgIpc) is 3.15. The molecule has 1 aromatic carbocycles. The molecule has 3 rings (SSSR count). The van der Waals surface area contributed by atoms with Gasteiger partial charge >= 0.3 is 0 Å². The van der Waals surface area contributed by atoms with E-state index in [2.05, 4.69) is 12.1 Å². The molecule has 2 aliphatic rings. The maximum Gasteiger partial charge on any atom is 0.233 e. The van der Waals surface area contributed by atoms with E-state index < -0.39 is 0 Å². The molecule has 1 atom stereocenters. The van der Waals surface area contributed by atoms with Gasteiger partial charge in [0.05, 0.1) is 12.9 Å². The Labute approximate surface area is 111 Å². The number of rotatable bonds is 4. The summed E-state index contributed by atoms with van der Waals surface area (Å²) in [4.78, 5) is 14.0. The Kier molecular flexibility index (Phi) is 3.20. The fraction of sp³-hybridized carbons (Fsp3) is 0.500. The highest BCUT2D eigenvalue weighted by Crippen LogP contribution is 2.42. The largest absolute Gasteiger partial charge is 0.497 e. The first kappa shape index (κ1) is 11.9. The van der Waals surface area contributed by atoms with Crippen LogP contribution in [0.15, 0.2) is 24.3 Å². The summed E-state index contributed by atoms with van der Waals surface area (Å²) in [7, 11) is 1.67. The van der Waals surface area contributed by atoms with E-state index in [4.69, 9.17) is 4.74 Å². The van der Waals surface area contributed by atoms with E-state index in [-0.39, 0.29) is 11.3 Å². The number of hydrogen-bond acceptors (Lipinski definition) is 3.